The molecule has 0 aromatic carbocycles. The second-order valence-corrected chi connectivity index (χ2v) is 8.50. The first kappa shape index (κ1) is 19.9. The fourth-order valence-electron chi connectivity index (χ4n) is 4.09. The molecule has 1 aromatic heterocycles. The number of amides is 1. The molecule has 150 valence electrons. The van der Waals surface area contributed by atoms with E-state index in [4.69, 9.17) is 4.74 Å². The molecule has 0 radical (unpaired) electrons. The number of carbonyl (C=O) groups is 1. The van der Waals surface area contributed by atoms with Gasteiger partial charge in [-0.3, -0.25) is 4.98 Å². The van der Waals surface area contributed by atoms with Gasteiger partial charge in [0.25, 0.3) is 0 Å². The number of aliphatic hydroxyl groups is 1. The van der Waals surface area contributed by atoms with E-state index in [2.05, 4.69) is 4.98 Å². The van der Waals surface area contributed by atoms with Gasteiger partial charge in [0, 0.05) is 31.1 Å². The van der Waals surface area contributed by atoms with Crippen LogP contribution in [0.2, 0.25) is 0 Å². The Morgan fingerprint density at radius 3 is 2.26 bits per heavy atom. The standard InChI is InChI=1S/C19H25F3N2O3/c1-17(2,3)27-16(25)24-13-5-4-6-14(24)10-18(26,9-13)15-8-7-12(11-23-15)19(20,21)22/h7-8,11,13-14,26H,4-6,9-10H2,1-3H3. The summed E-state index contributed by atoms with van der Waals surface area (Å²) >= 11 is 0. The summed E-state index contributed by atoms with van der Waals surface area (Å²) in [5.74, 6) is 0. The van der Waals surface area contributed by atoms with Gasteiger partial charge < -0.3 is 14.7 Å². The average molecular weight is 386 g/mol. The smallest absolute Gasteiger partial charge is 0.417 e. The summed E-state index contributed by atoms with van der Waals surface area (Å²) in [4.78, 5) is 18.2. The average Bonchev–Trinajstić information content (AvgIpc) is 2.51. The van der Waals surface area contributed by atoms with Crippen molar-refractivity contribution in [1.29, 1.82) is 0 Å². The molecule has 1 amide bonds. The van der Waals surface area contributed by atoms with Gasteiger partial charge in [0.05, 0.1) is 11.3 Å². The molecule has 2 atom stereocenters. The summed E-state index contributed by atoms with van der Waals surface area (Å²) in [6.07, 6.45) is -1.27. The molecule has 2 saturated heterocycles. The fourth-order valence-corrected chi connectivity index (χ4v) is 4.09. The molecular weight excluding hydrogens is 361 g/mol. The van der Waals surface area contributed by atoms with Crippen molar-refractivity contribution in [3.63, 3.8) is 0 Å². The van der Waals surface area contributed by atoms with Crippen LogP contribution < -0.4 is 0 Å². The largest absolute Gasteiger partial charge is 0.444 e. The minimum absolute atomic E-state index is 0.219. The number of ether oxygens (including phenoxy) is 1. The van der Waals surface area contributed by atoms with E-state index in [9.17, 15) is 23.1 Å². The third-order valence-corrected chi connectivity index (χ3v) is 5.18. The number of alkyl halides is 3. The van der Waals surface area contributed by atoms with Crippen LogP contribution in [0.4, 0.5) is 18.0 Å². The van der Waals surface area contributed by atoms with Gasteiger partial charge in [-0.25, -0.2) is 4.79 Å². The minimum Gasteiger partial charge on any atom is -0.444 e. The van der Waals surface area contributed by atoms with Gasteiger partial charge in [0.15, 0.2) is 0 Å². The predicted octanol–water partition coefficient (Wildman–Crippen LogP) is 4.24. The lowest BCUT2D eigenvalue weighted by molar-refractivity contribution is -0.138. The van der Waals surface area contributed by atoms with Gasteiger partial charge in [-0.15, -0.1) is 0 Å². The monoisotopic (exact) mass is 386 g/mol. The van der Waals surface area contributed by atoms with Crippen LogP contribution in [0.25, 0.3) is 0 Å². The maximum Gasteiger partial charge on any atom is 0.417 e. The van der Waals surface area contributed by atoms with E-state index < -0.39 is 29.0 Å². The zero-order valence-corrected chi connectivity index (χ0v) is 15.7. The lowest BCUT2D eigenvalue weighted by Gasteiger charge is -2.51. The molecule has 1 N–H and O–H groups in total. The van der Waals surface area contributed by atoms with Crippen LogP contribution >= 0.6 is 0 Å². The Bertz CT molecular complexity index is 684. The van der Waals surface area contributed by atoms with Crippen molar-refractivity contribution in [2.45, 2.75) is 82.3 Å². The fraction of sp³-hybridized carbons (Fsp3) is 0.684. The Morgan fingerprint density at radius 2 is 1.81 bits per heavy atom. The lowest BCUT2D eigenvalue weighted by atomic mass is 9.74. The first-order chi connectivity index (χ1) is 12.4. The molecule has 0 aliphatic carbocycles. The molecule has 0 spiro atoms. The minimum atomic E-state index is -4.47. The number of pyridine rings is 1. The Labute approximate surface area is 156 Å². The van der Waals surface area contributed by atoms with Crippen molar-refractivity contribution < 1.29 is 27.8 Å². The van der Waals surface area contributed by atoms with Crippen LogP contribution in [0.1, 0.15) is 64.1 Å². The van der Waals surface area contributed by atoms with Crippen molar-refractivity contribution in [2.24, 2.45) is 0 Å². The Morgan fingerprint density at radius 1 is 1.22 bits per heavy atom. The first-order valence-electron chi connectivity index (χ1n) is 9.16. The highest BCUT2D eigenvalue weighted by molar-refractivity contribution is 5.69. The number of fused-ring (bicyclic) bond motifs is 2. The molecule has 2 fully saturated rings. The summed E-state index contributed by atoms with van der Waals surface area (Å²) in [5, 5.41) is 11.2. The molecule has 2 bridgehead atoms. The number of halogens is 3. The molecule has 2 unspecified atom stereocenters. The summed E-state index contributed by atoms with van der Waals surface area (Å²) in [7, 11) is 0. The molecule has 3 heterocycles. The second kappa shape index (κ2) is 6.65. The highest BCUT2D eigenvalue weighted by atomic mass is 19.4. The Balaban J connectivity index is 1.82. The van der Waals surface area contributed by atoms with E-state index in [1.807, 2.05) is 0 Å². The lowest BCUT2D eigenvalue weighted by Crippen LogP contribution is -2.59. The van der Waals surface area contributed by atoms with Crippen molar-refractivity contribution in [1.82, 2.24) is 9.88 Å². The van der Waals surface area contributed by atoms with E-state index in [0.29, 0.717) is 0 Å². The summed E-state index contributed by atoms with van der Waals surface area (Å²) < 4.78 is 43.8. The second-order valence-electron chi connectivity index (χ2n) is 8.50. The number of nitrogens with zero attached hydrogens (tertiary/aromatic N) is 2. The van der Waals surface area contributed by atoms with Crippen molar-refractivity contribution in [3.05, 3.63) is 29.6 Å². The van der Waals surface area contributed by atoms with E-state index in [1.165, 1.54) is 6.07 Å². The van der Waals surface area contributed by atoms with Gasteiger partial charge in [-0.2, -0.15) is 13.2 Å². The van der Waals surface area contributed by atoms with Crippen LogP contribution in [0.5, 0.6) is 0 Å². The molecule has 1 aromatic rings. The highest BCUT2D eigenvalue weighted by Crippen LogP contribution is 2.44. The predicted molar refractivity (Wildman–Crippen MR) is 91.9 cm³/mol. The molecule has 5 nitrogen and oxygen atoms in total. The van der Waals surface area contributed by atoms with E-state index in [1.54, 1.807) is 25.7 Å². The van der Waals surface area contributed by atoms with E-state index in [0.717, 1.165) is 31.5 Å². The third-order valence-electron chi connectivity index (χ3n) is 5.18. The zero-order valence-electron chi connectivity index (χ0n) is 15.7. The van der Waals surface area contributed by atoms with Crippen LogP contribution in [0, 0.1) is 0 Å². The van der Waals surface area contributed by atoms with Gasteiger partial charge in [-0.05, 0) is 52.2 Å². The molecule has 27 heavy (non-hydrogen) atoms. The molecule has 2 aliphatic heterocycles. The summed E-state index contributed by atoms with van der Waals surface area (Å²) in [5.41, 5.74) is -2.59. The Hall–Kier alpha value is -1.83. The molecule has 3 rings (SSSR count). The molecule has 8 heteroatoms. The Kier molecular flexibility index (Phi) is 4.91. The van der Waals surface area contributed by atoms with Crippen molar-refractivity contribution in [3.8, 4) is 0 Å². The zero-order chi connectivity index (χ0) is 20.0. The van der Waals surface area contributed by atoms with Crippen LogP contribution in [-0.4, -0.2) is 38.8 Å². The topological polar surface area (TPSA) is 62.7 Å². The SMILES string of the molecule is CC(C)(C)OC(=O)N1C2CCCC1CC(O)(c1ccc(C(F)(F)F)cn1)C2. The van der Waals surface area contributed by atoms with Crippen molar-refractivity contribution >= 4 is 6.09 Å². The number of piperidine rings is 2. The maximum atomic E-state index is 12.8. The quantitative estimate of drug-likeness (QED) is 0.784. The normalized spacial score (nSPS) is 28.8. The number of carbonyl (C=O) groups excluding carboxylic acids is 1. The molecule has 2 aliphatic rings. The molecule has 0 saturated carbocycles. The van der Waals surface area contributed by atoms with Gasteiger partial charge in [0.1, 0.15) is 11.2 Å². The van der Waals surface area contributed by atoms with Crippen LogP contribution in [0.15, 0.2) is 18.3 Å². The summed E-state index contributed by atoms with van der Waals surface area (Å²) in [6, 6.07) is 1.74. The van der Waals surface area contributed by atoms with Crippen LogP contribution in [-0.2, 0) is 16.5 Å². The van der Waals surface area contributed by atoms with E-state index in [-0.39, 0.29) is 30.6 Å². The van der Waals surface area contributed by atoms with Gasteiger partial charge in [0.2, 0.25) is 0 Å². The summed E-state index contributed by atoms with van der Waals surface area (Å²) in [6.45, 7) is 5.40. The maximum absolute atomic E-state index is 12.8. The number of hydrogen-bond acceptors (Lipinski definition) is 4. The van der Waals surface area contributed by atoms with Gasteiger partial charge in [-0.1, -0.05) is 0 Å². The van der Waals surface area contributed by atoms with Gasteiger partial charge >= 0.3 is 12.3 Å². The number of aromatic nitrogens is 1. The van der Waals surface area contributed by atoms with Crippen LogP contribution in [0.3, 0.4) is 0 Å². The third kappa shape index (κ3) is 4.20. The number of hydrogen-bond donors (Lipinski definition) is 1. The van der Waals surface area contributed by atoms with Crippen molar-refractivity contribution in [2.75, 3.05) is 0 Å². The first-order valence-corrected chi connectivity index (χ1v) is 9.16. The number of rotatable bonds is 1. The molecular formula is C19H25F3N2O3. The highest BCUT2D eigenvalue weighted by Gasteiger charge is 2.49. The van der Waals surface area contributed by atoms with E-state index >= 15 is 0 Å².